The lowest BCUT2D eigenvalue weighted by Crippen LogP contribution is -2.29. The molecule has 3 aromatic rings. The van der Waals surface area contributed by atoms with Gasteiger partial charge in [0.2, 0.25) is 0 Å². The molecule has 130 valence electrons. The van der Waals surface area contributed by atoms with Crippen LogP contribution in [0.5, 0.6) is 5.75 Å². The van der Waals surface area contributed by atoms with E-state index < -0.39 is 0 Å². The Kier molecular flexibility index (Phi) is 4.70. The number of carbonyl (C=O) groups excluding carboxylic acids is 1. The predicted octanol–water partition coefficient (Wildman–Crippen LogP) is 2.72. The molecule has 1 N–H and O–H groups in total. The highest BCUT2D eigenvalue weighted by atomic mass is 16.5. The molecule has 2 heterocycles. The number of rotatable bonds is 5. The van der Waals surface area contributed by atoms with Crippen molar-refractivity contribution in [1.82, 2.24) is 19.9 Å². The van der Waals surface area contributed by atoms with Crippen LogP contribution in [0.3, 0.4) is 0 Å². The molecule has 0 unspecified atom stereocenters. The van der Waals surface area contributed by atoms with Crippen LogP contribution in [0.2, 0.25) is 0 Å². The predicted molar refractivity (Wildman–Crippen MR) is 95.5 cm³/mol. The van der Waals surface area contributed by atoms with E-state index >= 15 is 0 Å². The average Bonchev–Trinajstić information content (AvgIpc) is 3.01. The fourth-order valence-corrected chi connectivity index (χ4v) is 2.44. The Morgan fingerprint density at radius 2 is 1.88 bits per heavy atom. The maximum absolute atomic E-state index is 12.0. The third-order valence-corrected chi connectivity index (χ3v) is 3.92. The smallest absolute Gasteiger partial charge is 0.258 e. The zero-order chi connectivity index (χ0) is 17.9. The van der Waals surface area contributed by atoms with Crippen molar-refractivity contribution >= 4 is 11.6 Å². The molecule has 0 aliphatic heterocycles. The number of fused-ring (bicyclic) bond motifs is 1. The molecule has 0 aliphatic rings. The molecule has 0 spiro atoms. The molecule has 0 aliphatic carbocycles. The molecular weight excluding hydrogens is 316 g/mol. The number of benzene rings is 1. The molecule has 1 aromatic carbocycles. The van der Waals surface area contributed by atoms with Crippen molar-refractivity contribution < 1.29 is 9.53 Å². The quantitative estimate of drug-likeness (QED) is 0.777. The van der Waals surface area contributed by atoms with E-state index in [1.54, 1.807) is 0 Å². The summed E-state index contributed by atoms with van der Waals surface area (Å²) in [5.74, 6) is 1.15. The fraction of sp³-hybridized carbons (Fsp3) is 0.316. The molecule has 1 amide bonds. The normalized spacial score (nSPS) is 11.5. The number of hydrogen-bond acceptors (Lipinski definition) is 4. The monoisotopic (exact) mass is 338 g/mol. The lowest BCUT2D eigenvalue weighted by molar-refractivity contribution is -0.123. The summed E-state index contributed by atoms with van der Waals surface area (Å²) >= 11 is 0. The molecular formula is C19H22N4O2. The summed E-state index contributed by atoms with van der Waals surface area (Å²) in [6.45, 7) is 6.74. The molecule has 6 nitrogen and oxygen atoms in total. The van der Waals surface area contributed by atoms with Crippen molar-refractivity contribution in [2.24, 2.45) is 0 Å². The van der Waals surface area contributed by atoms with Gasteiger partial charge in [0.25, 0.3) is 5.91 Å². The van der Waals surface area contributed by atoms with E-state index in [2.05, 4.69) is 36.3 Å². The summed E-state index contributed by atoms with van der Waals surface area (Å²) in [6.07, 6.45) is 1.87. The Morgan fingerprint density at radius 3 is 2.60 bits per heavy atom. The number of ether oxygens (including phenoxy) is 1. The second kappa shape index (κ2) is 6.93. The maximum Gasteiger partial charge on any atom is 0.258 e. The van der Waals surface area contributed by atoms with E-state index in [4.69, 9.17) is 4.74 Å². The zero-order valence-corrected chi connectivity index (χ0v) is 14.7. The van der Waals surface area contributed by atoms with Crippen LogP contribution < -0.4 is 10.1 Å². The van der Waals surface area contributed by atoms with Crippen LogP contribution in [-0.4, -0.2) is 27.1 Å². The summed E-state index contributed by atoms with van der Waals surface area (Å²) in [6, 6.07) is 13.5. The minimum atomic E-state index is -0.201. The van der Waals surface area contributed by atoms with E-state index in [9.17, 15) is 4.79 Å². The van der Waals surface area contributed by atoms with E-state index in [1.165, 1.54) is 5.56 Å². The molecule has 2 aromatic heterocycles. The second-order valence-corrected chi connectivity index (χ2v) is 6.88. The maximum atomic E-state index is 12.0. The first-order valence-electron chi connectivity index (χ1n) is 8.22. The van der Waals surface area contributed by atoms with Crippen molar-refractivity contribution in [3.63, 3.8) is 0 Å². The Morgan fingerprint density at radius 1 is 1.12 bits per heavy atom. The third kappa shape index (κ3) is 4.15. The molecule has 3 rings (SSSR count). The Balaban J connectivity index is 1.51. The molecule has 0 atom stereocenters. The van der Waals surface area contributed by atoms with Gasteiger partial charge in [0, 0.05) is 6.20 Å². The number of nitrogens with one attached hydrogen (secondary N) is 1. The molecule has 25 heavy (non-hydrogen) atoms. The van der Waals surface area contributed by atoms with Gasteiger partial charge in [-0.05, 0) is 35.2 Å². The number of hydrogen-bond donors (Lipinski definition) is 1. The van der Waals surface area contributed by atoms with Crippen molar-refractivity contribution in [2.75, 3.05) is 6.61 Å². The minimum absolute atomic E-state index is 0.0361. The summed E-state index contributed by atoms with van der Waals surface area (Å²) in [4.78, 5) is 12.0. The Labute approximate surface area is 146 Å². The number of amides is 1. The Hall–Kier alpha value is -2.89. The van der Waals surface area contributed by atoms with Crippen LogP contribution in [0, 0.1) is 0 Å². The molecule has 0 fully saturated rings. The molecule has 6 heteroatoms. The highest BCUT2D eigenvalue weighted by molar-refractivity contribution is 5.77. The van der Waals surface area contributed by atoms with Gasteiger partial charge in [0.15, 0.2) is 18.1 Å². The van der Waals surface area contributed by atoms with Crippen LogP contribution in [0.15, 0.2) is 48.7 Å². The molecule has 0 bridgehead atoms. The third-order valence-electron chi connectivity index (χ3n) is 3.92. The van der Waals surface area contributed by atoms with Crippen LogP contribution in [0.1, 0.15) is 32.2 Å². The van der Waals surface area contributed by atoms with Gasteiger partial charge in [-0.25, -0.2) is 0 Å². The first-order chi connectivity index (χ1) is 11.9. The summed E-state index contributed by atoms with van der Waals surface area (Å²) in [5, 5.41) is 10.9. The minimum Gasteiger partial charge on any atom is -0.484 e. The van der Waals surface area contributed by atoms with Gasteiger partial charge in [-0.1, -0.05) is 39.0 Å². The van der Waals surface area contributed by atoms with Crippen LogP contribution in [-0.2, 0) is 16.8 Å². The topological polar surface area (TPSA) is 68.5 Å². The van der Waals surface area contributed by atoms with Gasteiger partial charge in [-0.15, -0.1) is 10.2 Å². The fourth-order valence-electron chi connectivity index (χ4n) is 2.44. The van der Waals surface area contributed by atoms with Gasteiger partial charge in [0.1, 0.15) is 5.75 Å². The van der Waals surface area contributed by atoms with Gasteiger partial charge < -0.3 is 10.1 Å². The largest absolute Gasteiger partial charge is 0.484 e. The first-order valence-corrected chi connectivity index (χ1v) is 8.22. The van der Waals surface area contributed by atoms with Gasteiger partial charge >= 0.3 is 0 Å². The number of aromatic nitrogens is 3. The van der Waals surface area contributed by atoms with Crippen LogP contribution in [0.25, 0.3) is 5.65 Å². The highest BCUT2D eigenvalue weighted by Gasteiger charge is 2.13. The SMILES string of the molecule is CC(C)(C)c1ccc(OCC(=O)NCc2nnc3ccccn23)cc1. The Bertz CT molecular complexity index is 863. The summed E-state index contributed by atoms with van der Waals surface area (Å²) in [7, 11) is 0. The van der Waals surface area contributed by atoms with Crippen molar-refractivity contribution in [2.45, 2.75) is 32.7 Å². The van der Waals surface area contributed by atoms with Crippen molar-refractivity contribution in [1.29, 1.82) is 0 Å². The van der Waals surface area contributed by atoms with Gasteiger partial charge in [0.05, 0.1) is 6.54 Å². The lowest BCUT2D eigenvalue weighted by Gasteiger charge is -2.19. The summed E-state index contributed by atoms with van der Waals surface area (Å²) < 4.78 is 7.38. The van der Waals surface area contributed by atoms with Gasteiger partial charge in [-0.2, -0.15) is 0 Å². The van der Waals surface area contributed by atoms with E-state index in [0.29, 0.717) is 18.1 Å². The summed E-state index contributed by atoms with van der Waals surface area (Å²) in [5.41, 5.74) is 2.07. The van der Waals surface area contributed by atoms with E-state index in [0.717, 1.165) is 5.65 Å². The highest BCUT2D eigenvalue weighted by Crippen LogP contribution is 2.24. The van der Waals surface area contributed by atoms with Crippen LogP contribution >= 0.6 is 0 Å². The number of carbonyl (C=O) groups is 1. The van der Waals surface area contributed by atoms with Crippen molar-refractivity contribution in [3.8, 4) is 5.75 Å². The van der Waals surface area contributed by atoms with E-state index in [-0.39, 0.29) is 17.9 Å². The van der Waals surface area contributed by atoms with Gasteiger partial charge in [-0.3, -0.25) is 9.20 Å². The lowest BCUT2D eigenvalue weighted by atomic mass is 9.87. The molecule has 0 saturated heterocycles. The van der Waals surface area contributed by atoms with Crippen LogP contribution in [0.4, 0.5) is 0 Å². The van der Waals surface area contributed by atoms with E-state index in [1.807, 2.05) is 53.1 Å². The first kappa shape index (κ1) is 17.0. The number of nitrogens with zero attached hydrogens (tertiary/aromatic N) is 3. The number of pyridine rings is 1. The zero-order valence-electron chi connectivity index (χ0n) is 14.7. The second-order valence-electron chi connectivity index (χ2n) is 6.88. The van der Waals surface area contributed by atoms with Crippen molar-refractivity contribution in [3.05, 3.63) is 60.0 Å². The molecule has 0 saturated carbocycles. The standard InChI is InChI=1S/C19H22N4O2/c1-19(2,3)14-7-9-15(10-8-14)25-13-18(24)20-12-17-22-21-16-6-4-5-11-23(16)17/h4-11H,12-13H2,1-3H3,(H,20,24). The molecule has 0 radical (unpaired) electrons. The average molecular weight is 338 g/mol.